The van der Waals surface area contributed by atoms with Crippen molar-refractivity contribution in [1.29, 1.82) is 0 Å². The number of amides is 1. The maximum Gasteiger partial charge on any atom is 0.251 e. The van der Waals surface area contributed by atoms with Gasteiger partial charge in [0.15, 0.2) is 5.76 Å². The van der Waals surface area contributed by atoms with Gasteiger partial charge in [-0.15, -0.1) is 0 Å². The van der Waals surface area contributed by atoms with Gasteiger partial charge in [0.1, 0.15) is 5.69 Å². The molecule has 0 aliphatic rings. The number of carbonyl (C=O) groups excluding carboxylic acids is 1. The number of nitrogens with zero attached hydrogens (tertiary/aromatic N) is 1. The van der Waals surface area contributed by atoms with Gasteiger partial charge < -0.3 is 9.84 Å². The van der Waals surface area contributed by atoms with E-state index in [1.54, 1.807) is 12.1 Å². The standard InChI is InChI=1S/C21H15BrN2O2/c22-18-7-3-6-17(11-18)21(25)23-13-19-12-20(26-24-19)16-9-8-14-4-1-2-5-15(14)10-16/h1-12H,13H2,(H,23,25). The Kier molecular flexibility index (Phi) is 4.54. The number of fused-ring (bicyclic) bond motifs is 1. The van der Waals surface area contributed by atoms with Crippen LogP contribution in [0.1, 0.15) is 16.1 Å². The molecule has 4 rings (SSSR count). The van der Waals surface area contributed by atoms with Gasteiger partial charge in [-0.2, -0.15) is 0 Å². The Balaban J connectivity index is 1.48. The van der Waals surface area contributed by atoms with Crippen molar-refractivity contribution in [2.45, 2.75) is 6.54 Å². The average Bonchev–Trinajstić information content (AvgIpc) is 3.15. The Morgan fingerprint density at radius 2 is 1.81 bits per heavy atom. The highest BCUT2D eigenvalue weighted by atomic mass is 79.9. The fourth-order valence-electron chi connectivity index (χ4n) is 2.78. The molecule has 0 atom stereocenters. The molecule has 5 heteroatoms. The van der Waals surface area contributed by atoms with Crippen molar-refractivity contribution in [3.63, 3.8) is 0 Å². The number of aromatic nitrogens is 1. The topological polar surface area (TPSA) is 55.1 Å². The molecule has 0 bridgehead atoms. The van der Waals surface area contributed by atoms with Gasteiger partial charge >= 0.3 is 0 Å². The minimum atomic E-state index is -0.151. The van der Waals surface area contributed by atoms with E-state index in [1.807, 2.05) is 36.4 Å². The minimum absolute atomic E-state index is 0.151. The minimum Gasteiger partial charge on any atom is -0.356 e. The lowest BCUT2D eigenvalue weighted by Gasteiger charge is -2.03. The molecular weight excluding hydrogens is 392 g/mol. The molecule has 0 spiro atoms. The highest BCUT2D eigenvalue weighted by molar-refractivity contribution is 9.10. The van der Waals surface area contributed by atoms with Gasteiger partial charge in [-0.1, -0.05) is 63.6 Å². The zero-order valence-corrected chi connectivity index (χ0v) is 15.4. The number of carbonyl (C=O) groups is 1. The van der Waals surface area contributed by atoms with Crippen molar-refractivity contribution in [2.75, 3.05) is 0 Å². The van der Waals surface area contributed by atoms with Crippen LogP contribution in [0.2, 0.25) is 0 Å². The van der Waals surface area contributed by atoms with Crippen LogP contribution in [0.5, 0.6) is 0 Å². The second-order valence-corrected chi connectivity index (χ2v) is 6.85. The molecule has 1 aromatic heterocycles. The molecule has 128 valence electrons. The van der Waals surface area contributed by atoms with E-state index < -0.39 is 0 Å². The highest BCUT2D eigenvalue weighted by Crippen LogP contribution is 2.25. The van der Waals surface area contributed by atoms with Crippen LogP contribution in [0.4, 0.5) is 0 Å². The molecule has 0 fully saturated rings. The van der Waals surface area contributed by atoms with Crippen LogP contribution in [0.25, 0.3) is 22.1 Å². The molecule has 0 saturated heterocycles. The second-order valence-electron chi connectivity index (χ2n) is 5.94. The van der Waals surface area contributed by atoms with Crippen molar-refractivity contribution < 1.29 is 9.32 Å². The van der Waals surface area contributed by atoms with Gasteiger partial charge in [0.2, 0.25) is 0 Å². The van der Waals surface area contributed by atoms with E-state index in [0.29, 0.717) is 23.6 Å². The average molecular weight is 407 g/mol. The second kappa shape index (κ2) is 7.14. The molecule has 4 aromatic rings. The van der Waals surface area contributed by atoms with E-state index in [4.69, 9.17) is 4.52 Å². The SMILES string of the molecule is O=C(NCc1cc(-c2ccc3ccccc3c2)on1)c1cccc(Br)c1. The summed E-state index contributed by atoms with van der Waals surface area (Å²) >= 11 is 3.37. The number of benzene rings is 3. The first-order chi connectivity index (χ1) is 12.7. The summed E-state index contributed by atoms with van der Waals surface area (Å²) in [6.45, 7) is 0.308. The summed E-state index contributed by atoms with van der Waals surface area (Å²) in [5.41, 5.74) is 2.23. The van der Waals surface area contributed by atoms with Crippen LogP contribution in [-0.2, 0) is 6.54 Å². The lowest BCUT2D eigenvalue weighted by Crippen LogP contribution is -2.22. The Hall–Kier alpha value is -2.92. The third-order valence-corrected chi connectivity index (χ3v) is 4.60. The smallest absolute Gasteiger partial charge is 0.251 e. The number of nitrogens with one attached hydrogen (secondary N) is 1. The Morgan fingerprint density at radius 1 is 0.962 bits per heavy atom. The summed E-state index contributed by atoms with van der Waals surface area (Å²) in [6, 6.07) is 23.4. The number of hydrogen-bond donors (Lipinski definition) is 1. The first kappa shape index (κ1) is 16.5. The van der Waals surface area contributed by atoms with Crippen molar-refractivity contribution in [2.24, 2.45) is 0 Å². The summed E-state index contributed by atoms with van der Waals surface area (Å²) in [7, 11) is 0. The van der Waals surface area contributed by atoms with Gasteiger partial charge in [-0.25, -0.2) is 0 Å². The van der Waals surface area contributed by atoms with Crippen LogP contribution >= 0.6 is 15.9 Å². The largest absolute Gasteiger partial charge is 0.356 e. The molecule has 1 amide bonds. The summed E-state index contributed by atoms with van der Waals surface area (Å²) in [5.74, 6) is 0.531. The fraction of sp³-hybridized carbons (Fsp3) is 0.0476. The molecule has 1 heterocycles. The van der Waals surface area contributed by atoms with E-state index in [-0.39, 0.29) is 5.91 Å². The van der Waals surface area contributed by atoms with Crippen LogP contribution in [0.3, 0.4) is 0 Å². The molecule has 0 unspecified atom stereocenters. The van der Waals surface area contributed by atoms with Gasteiger partial charge in [0.05, 0.1) is 6.54 Å². The molecule has 1 N–H and O–H groups in total. The summed E-state index contributed by atoms with van der Waals surface area (Å²) in [6.07, 6.45) is 0. The molecule has 0 radical (unpaired) electrons. The quantitative estimate of drug-likeness (QED) is 0.507. The van der Waals surface area contributed by atoms with Gasteiger partial charge in [-0.3, -0.25) is 4.79 Å². The fourth-order valence-corrected chi connectivity index (χ4v) is 3.18. The lowest BCUT2D eigenvalue weighted by molar-refractivity contribution is 0.0950. The number of halogens is 1. The van der Waals surface area contributed by atoms with Gasteiger partial charge in [0, 0.05) is 21.7 Å². The van der Waals surface area contributed by atoms with Crippen LogP contribution in [0, 0.1) is 0 Å². The molecule has 0 saturated carbocycles. The Morgan fingerprint density at radius 3 is 2.65 bits per heavy atom. The lowest BCUT2D eigenvalue weighted by atomic mass is 10.1. The molecule has 26 heavy (non-hydrogen) atoms. The third kappa shape index (κ3) is 3.53. The predicted octanol–water partition coefficient (Wildman–Crippen LogP) is 5.19. The maximum atomic E-state index is 12.2. The van der Waals surface area contributed by atoms with E-state index in [2.05, 4.69) is 50.7 Å². The molecule has 3 aromatic carbocycles. The van der Waals surface area contributed by atoms with Crippen LogP contribution in [0.15, 0.2) is 81.8 Å². The van der Waals surface area contributed by atoms with E-state index in [1.165, 1.54) is 5.39 Å². The summed E-state index contributed by atoms with van der Waals surface area (Å²) in [5, 5.41) is 9.23. The Bertz CT molecular complexity index is 1090. The normalized spacial score (nSPS) is 10.8. The Labute approximate surface area is 159 Å². The zero-order valence-electron chi connectivity index (χ0n) is 13.8. The highest BCUT2D eigenvalue weighted by Gasteiger charge is 2.10. The summed E-state index contributed by atoms with van der Waals surface area (Å²) < 4.78 is 6.31. The van der Waals surface area contributed by atoms with E-state index in [0.717, 1.165) is 15.4 Å². The van der Waals surface area contributed by atoms with E-state index in [9.17, 15) is 4.79 Å². The summed E-state index contributed by atoms with van der Waals surface area (Å²) in [4.78, 5) is 12.2. The number of hydrogen-bond acceptors (Lipinski definition) is 3. The van der Waals surface area contributed by atoms with Crippen LogP contribution in [-0.4, -0.2) is 11.1 Å². The van der Waals surface area contributed by atoms with Gasteiger partial charge in [0.25, 0.3) is 5.91 Å². The van der Waals surface area contributed by atoms with Gasteiger partial charge in [-0.05, 0) is 35.0 Å². The maximum absolute atomic E-state index is 12.2. The first-order valence-corrected chi connectivity index (χ1v) is 8.97. The monoisotopic (exact) mass is 406 g/mol. The molecule has 4 nitrogen and oxygen atoms in total. The molecule has 0 aliphatic carbocycles. The van der Waals surface area contributed by atoms with Crippen molar-refractivity contribution in [3.05, 3.63) is 88.5 Å². The number of rotatable bonds is 4. The third-order valence-electron chi connectivity index (χ3n) is 4.11. The predicted molar refractivity (Wildman–Crippen MR) is 105 cm³/mol. The van der Waals surface area contributed by atoms with Crippen molar-refractivity contribution >= 4 is 32.6 Å². The molecular formula is C21H15BrN2O2. The zero-order chi connectivity index (χ0) is 17.9. The first-order valence-electron chi connectivity index (χ1n) is 8.17. The van der Waals surface area contributed by atoms with Crippen molar-refractivity contribution in [1.82, 2.24) is 10.5 Å². The van der Waals surface area contributed by atoms with Crippen molar-refractivity contribution in [3.8, 4) is 11.3 Å². The van der Waals surface area contributed by atoms with Crippen LogP contribution < -0.4 is 5.32 Å². The molecule has 0 aliphatic heterocycles. The van der Waals surface area contributed by atoms with E-state index >= 15 is 0 Å².